The SMILES string of the molecule is CC(=O)N[C@@H](CS)C(=O)O.O[C@H](CS)[C@H](O)CS. The summed E-state index contributed by atoms with van der Waals surface area (Å²) in [5.41, 5.74) is 0. The average molecular weight is 317 g/mol. The molecule has 18 heavy (non-hydrogen) atoms. The summed E-state index contributed by atoms with van der Waals surface area (Å²) in [7, 11) is 0. The fourth-order valence-corrected chi connectivity index (χ4v) is 1.41. The van der Waals surface area contributed by atoms with E-state index in [4.69, 9.17) is 15.3 Å². The van der Waals surface area contributed by atoms with E-state index in [9.17, 15) is 9.59 Å². The van der Waals surface area contributed by atoms with E-state index in [1.807, 2.05) is 0 Å². The number of carboxylic acids is 1. The number of nitrogens with one attached hydrogen (secondary N) is 1. The first kappa shape index (κ1) is 20.2. The highest BCUT2D eigenvalue weighted by molar-refractivity contribution is 7.80. The molecule has 0 spiro atoms. The van der Waals surface area contributed by atoms with E-state index in [-0.39, 0.29) is 23.2 Å². The molecule has 1 amide bonds. The van der Waals surface area contributed by atoms with Gasteiger partial charge in [0.25, 0.3) is 0 Å². The topological polar surface area (TPSA) is 107 Å². The standard InChI is InChI=1S/C5H9NO3S.C4H10O2S2/c1-3(7)6-4(2-10)5(8)9;5-3(1-7)4(6)2-8/h4,10H,2H2,1H3,(H,6,7)(H,8,9);3-8H,1-2H2/t4-;3-,4-/m01/s1. The summed E-state index contributed by atoms with van der Waals surface area (Å²) < 4.78 is 0. The van der Waals surface area contributed by atoms with Gasteiger partial charge in [-0.2, -0.15) is 37.9 Å². The zero-order valence-corrected chi connectivity index (χ0v) is 12.5. The van der Waals surface area contributed by atoms with Gasteiger partial charge in [0.05, 0.1) is 12.2 Å². The lowest BCUT2D eigenvalue weighted by molar-refractivity contribution is -0.140. The lowest BCUT2D eigenvalue weighted by Crippen LogP contribution is -2.40. The molecule has 0 aromatic heterocycles. The van der Waals surface area contributed by atoms with Crippen molar-refractivity contribution < 1.29 is 24.9 Å². The maximum Gasteiger partial charge on any atom is 0.327 e. The summed E-state index contributed by atoms with van der Waals surface area (Å²) in [6.45, 7) is 1.26. The maximum atomic E-state index is 10.3. The van der Waals surface area contributed by atoms with E-state index < -0.39 is 24.2 Å². The molecule has 0 aliphatic carbocycles. The molecule has 4 N–H and O–H groups in total. The second kappa shape index (κ2) is 12.0. The van der Waals surface area contributed by atoms with Crippen LogP contribution in [0.3, 0.4) is 0 Å². The zero-order valence-electron chi connectivity index (χ0n) is 9.85. The van der Waals surface area contributed by atoms with Gasteiger partial charge in [0.2, 0.25) is 5.91 Å². The minimum Gasteiger partial charge on any atom is -0.480 e. The molecule has 108 valence electrons. The third kappa shape index (κ3) is 11.0. The number of amides is 1. The highest BCUT2D eigenvalue weighted by Gasteiger charge is 2.15. The van der Waals surface area contributed by atoms with Crippen molar-refractivity contribution in [2.24, 2.45) is 0 Å². The van der Waals surface area contributed by atoms with Crippen LogP contribution < -0.4 is 5.32 Å². The van der Waals surface area contributed by atoms with Crippen molar-refractivity contribution in [2.45, 2.75) is 25.2 Å². The van der Waals surface area contributed by atoms with Crippen LogP contribution in [0.5, 0.6) is 0 Å². The normalized spacial score (nSPS) is 14.8. The number of carbonyl (C=O) groups excluding carboxylic acids is 1. The van der Waals surface area contributed by atoms with Crippen LogP contribution in [0, 0.1) is 0 Å². The summed E-state index contributed by atoms with van der Waals surface area (Å²) >= 11 is 11.3. The van der Waals surface area contributed by atoms with Crippen molar-refractivity contribution in [1.82, 2.24) is 5.32 Å². The monoisotopic (exact) mass is 317 g/mol. The van der Waals surface area contributed by atoms with Crippen molar-refractivity contribution in [1.29, 1.82) is 0 Å². The minimum absolute atomic E-state index is 0.106. The Morgan fingerprint density at radius 1 is 1.06 bits per heavy atom. The van der Waals surface area contributed by atoms with Crippen LogP contribution in [0.15, 0.2) is 0 Å². The predicted molar refractivity (Wildman–Crippen MR) is 78.8 cm³/mol. The van der Waals surface area contributed by atoms with E-state index in [2.05, 4.69) is 43.2 Å². The second-order valence-electron chi connectivity index (χ2n) is 3.27. The van der Waals surface area contributed by atoms with Crippen molar-refractivity contribution in [2.75, 3.05) is 17.3 Å². The second-order valence-corrected chi connectivity index (χ2v) is 4.37. The van der Waals surface area contributed by atoms with Crippen LogP contribution in [0.2, 0.25) is 0 Å². The van der Waals surface area contributed by atoms with E-state index in [1.54, 1.807) is 0 Å². The highest BCUT2D eigenvalue weighted by atomic mass is 32.1. The van der Waals surface area contributed by atoms with Crippen molar-refractivity contribution >= 4 is 49.8 Å². The molecular weight excluding hydrogens is 298 g/mol. The summed E-state index contributed by atoms with van der Waals surface area (Å²) in [5, 5.41) is 28.1. The van der Waals surface area contributed by atoms with Gasteiger partial charge in [-0.05, 0) is 0 Å². The molecule has 0 fully saturated rings. The van der Waals surface area contributed by atoms with Crippen LogP contribution in [-0.4, -0.2) is 62.7 Å². The molecule has 0 aliphatic heterocycles. The van der Waals surface area contributed by atoms with Crippen LogP contribution in [0.1, 0.15) is 6.92 Å². The Kier molecular flexibility index (Phi) is 13.5. The molecular formula is C9H19NO5S3. The third-order valence-electron chi connectivity index (χ3n) is 1.68. The number of carboxylic acid groups (broad SMARTS) is 1. The van der Waals surface area contributed by atoms with E-state index in [1.165, 1.54) is 6.92 Å². The Labute approximate surface area is 122 Å². The number of thiol groups is 3. The van der Waals surface area contributed by atoms with E-state index in [0.717, 1.165) is 0 Å². The number of rotatable bonds is 6. The predicted octanol–water partition coefficient (Wildman–Crippen LogP) is -0.927. The van der Waals surface area contributed by atoms with Crippen molar-refractivity contribution in [3.8, 4) is 0 Å². The molecule has 0 radical (unpaired) electrons. The van der Waals surface area contributed by atoms with Crippen LogP contribution in [0.4, 0.5) is 0 Å². The Balaban J connectivity index is 0. The fourth-order valence-electron chi connectivity index (χ4n) is 0.674. The highest BCUT2D eigenvalue weighted by Crippen LogP contribution is 1.96. The van der Waals surface area contributed by atoms with Gasteiger partial charge < -0.3 is 20.6 Å². The van der Waals surface area contributed by atoms with Crippen molar-refractivity contribution in [3.05, 3.63) is 0 Å². The molecule has 0 saturated carbocycles. The van der Waals surface area contributed by atoms with Gasteiger partial charge in [0, 0.05) is 24.2 Å². The fraction of sp³-hybridized carbons (Fsp3) is 0.778. The lowest BCUT2D eigenvalue weighted by atomic mass is 10.3. The molecule has 3 atom stereocenters. The number of aliphatic hydroxyl groups excluding tert-OH is 2. The Hall–Kier alpha value is -0.0900. The van der Waals surface area contributed by atoms with E-state index in [0.29, 0.717) is 0 Å². The largest absolute Gasteiger partial charge is 0.480 e. The van der Waals surface area contributed by atoms with E-state index >= 15 is 0 Å². The number of hydrogen-bond acceptors (Lipinski definition) is 7. The molecule has 6 nitrogen and oxygen atoms in total. The molecule has 0 aromatic carbocycles. The zero-order chi connectivity index (χ0) is 14.7. The quantitative estimate of drug-likeness (QED) is 0.321. The molecule has 0 bridgehead atoms. The first-order chi connectivity index (χ1) is 8.29. The van der Waals surface area contributed by atoms with Crippen LogP contribution in [-0.2, 0) is 9.59 Å². The number of carbonyl (C=O) groups is 2. The van der Waals surface area contributed by atoms with Crippen molar-refractivity contribution in [3.63, 3.8) is 0 Å². The van der Waals surface area contributed by atoms with Gasteiger partial charge in [-0.25, -0.2) is 4.79 Å². The number of aliphatic carboxylic acids is 1. The number of aliphatic hydroxyl groups is 2. The smallest absolute Gasteiger partial charge is 0.327 e. The van der Waals surface area contributed by atoms with Gasteiger partial charge >= 0.3 is 5.97 Å². The van der Waals surface area contributed by atoms with Crippen LogP contribution in [0.25, 0.3) is 0 Å². The van der Waals surface area contributed by atoms with Gasteiger partial charge in [0.1, 0.15) is 6.04 Å². The minimum atomic E-state index is -1.06. The summed E-state index contributed by atoms with van der Waals surface area (Å²) in [6.07, 6.45) is -1.48. The summed E-state index contributed by atoms with van der Waals surface area (Å²) in [5.74, 6) is -0.759. The molecule has 0 saturated heterocycles. The first-order valence-electron chi connectivity index (χ1n) is 4.98. The van der Waals surface area contributed by atoms with Gasteiger partial charge in [-0.1, -0.05) is 0 Å². The van der Waals surface area contributed by atoms with Gasteiger partial charge in [-0.3, -0.25) is 4.79 Å². The molecule has 0 rings (SSSR count). The number of hydrogen-bond donors (Lipinski definition) is 7. The van der Waals surface area contributed by atoms with Gasteiger partial charge in [-0.15, -0.1) is 0 Å². The Bertz CT molecular complexity index is 246. The Morgan fingerprint density at radius 3 is 1.56 bits per heavy atom. The lowest BCUT2D eigenvalue weighted by Gasteiger charge is -2.11. The maximum absolute atomic E-state index is 10.3. The van der Waals surface area contributed by atoms with Gasteiger partial charge in [0.15, 0.2) is 0 Å². The average Bonchev–Trinajstić information content (AvgIpc) is 2.34. The molecule has 0 unspecified atom stereocenters. The molecule has 9 heteroatoms. The summed E-state index contributed by atoms with van der Waals surface area (Å²) in [4.78, 5) is 20.5. The van der Waals surface area contributed by atoms with Crippen LogP contribution >= 0.6 is 37.9 Å². The molecule has 0 aliphatic rings. The Morgan fingerprint density at radius 2 is 1.44 bits per heavy atom. The third-order valence-corrected chi connectivity index (χ3v) is 2.79. The first-order valence-corrected chi connectivity index (χ1v) is 6.88. The molecule has 0 aromatic rings. The summed E-state index contributed by atoms with van der Waals surface area (Å²) in [6, 6.07) is -0.874. The molecule has 0 heterocycles.